The minimum absolute atomic E-state index is 0.105. The van der Waals surface area contributed by atoms with Crippen molar-refractivity contribution in [2.75, 3.05) is 24.2 Å². The Labute approximate surface area is 175 Å². The number of hydrogen-bond acceptors (Lipinski definition) is 5. The van der Waals surface area contributed by atoms with E-state index in [4.69, 9.17) is 0 Å². The van der Waals surface area contributed by atoms with Gasteiger partial charge in [0.15, 0.2) is 9.84 Å². The maximum absolute atomic E-state index is 13.2. The first-order valence-electron chi connectivity index (χ1n) is 10.1. The molecule has 1 N–H and O–H groups in total. The maximum Gasteiger partial charge on any atom is 0.251 e. The number of hydrogen-bond donors (Lipinski definition) is 1. The van der Waals surface area contributed by atoms with E-state index in [2.05, 4.69) is 16.9 Å². The molecule has 4 atom stereocenters. The largest absolute Gasteiger partial charge is 0.370 e. The van der Waals surface area contributed by atoms with Gasteiger partial charge in [0.05, 0.1) is 10.6 Å². The Bertz CT molecular complexity index is 1110. The normalized spacial score (nSPS) is 32.4. The summed E-state index contributed by atoms with van der Waals surface area (Å²) in [5.41, 5.74) is 0.440. The van der Waals surface area contributed by atoms with E-state index < -0.39 is 44.7 Å². The molecular formula is C20H24F2N2O4S2. The summed E-state index contributed by atoms with van der Waals surface area (Å²) in [5, 5.41) is 0. The highest BCUT2D eigenvalue weighted by atomic mass is 32.2. The van der Waals surface area contributed by atoms with Crippen molar-refractivity contribution in [1.29, 1.82) is 0 Å². The summed E-state index contributed by atoms with van der Waals surface area (Å²) < 4.78 is 79.0. The topological polar surface area (TPSA) is 83.6 Å². The highest BCUT2D eigenvalue weighted by Gasteiger charge is 2.50. The number of sulfone groups is 1. The van der Waals surface area contributed by atoms with Crippen LogP contribution in [0.4, 0.5) is 14.5 Å². The minimum atomic E-state index is -4.16. The molecule has 1 aliphatic heterocycles. The van der Waals surface area contributed by atoms with Crippen LogP contribution >= 0.6 is 0 Å². The van der Waals surface area contributed by atoms with E-state index in [0.29, 0.717) is 42.4 Å². The summed E-state index contributed by atoms with van der Waals surface area (Å²) in [5.74, 6) is -0.915. The smallest absolute Gasteiger partial charge is 0.251 e. The molecule has 3 fully saturated rings. The lowest BCUT2D eigenvalue weighted by Crippen LogP contribution is -2.50. The number of allylic oxidation sites excluding steroid dienone is 2. The lowest BCUT2D eigenvalue weighted by atomic mass is 9.86. The average Bonchev–Trinajstić information content (AvgIpc) is 3.31. The molecule has 2 saturated carbocycles. The Hall–Kier alpha value is -1.52. The van der Waals surface area contributed by atoms with Crippen LogP contribution in [0.25, 0.3) is 0 Å². The van der Waals surface area contributed by atoms with Gasteiger partial charge in [0.25, 0.3) is 5.92 Å². The lowest BCUT2D eigenvalue weighted by Gasteiger charge is -2.35. The fourth-order valence-corrected chi connectivity index (χ4v) is 7.79. The van der Waals surface area contributed by atoms with E-state index in [1.807, 2.05) is 4.90 Å². The first kappa shape index (κ1) is 20.4. The molecule has 1 aromatic rings. The molecule has 5 rings (SSSR count). The molecule has 30 heavy (non-hydrogen) atoms. The third-order valence-corrected chi connectivity index (χ3v) is 9.72. The fourth-order valence-electron chi connectivity index (χ4n) is 5.58. The van der Waals surface area contributed by atoms with Crippen LogP contribution in [0.2, 0.25) is 0 Å². The molecule has 2 bridgehead atoms. The van der Waals surface area contributed by atoms with Gasteiger partial charge in [0.2, 0.25) is 10.0 Å². The zero-order chi connectivity index (χ0) is 21.5. The van der Waals surface area contributed by atoms with E-state index >= 15 is 0 Å². The van der Waals surface area contributed by atoms with Crippen LogP contribution in [-0.4, -0.2) is 48.1 Å². The molecule has 1 heterocycles. The quantitative estimate of drug-likeness (QED) is 0.686. The number of halogens is 2. The van der Waals surface area contributed by atoms with Crippen molar-refractivity contribution in [2.24, 2.45) is 23.7 Å². The Morgan fingerprint density at radius 3 is 2.17 bits per heavy atom. The van der Waals surface area contributed by atoms with Gasteiger partial charge in [-0.1, -0.05) is 12.2 Å². The van der Waals surface area contributed by atoms with Crippen molar-refractivity contribution < 1.29 is 25.6 Å². The summed E-state index contributed by atoms with van der Waals surface area (Å²) >= 11 is 0. The third kappa shape index (κ3) is 3.36. The molecule has 6 nitrogen and oxygen atoms in total. The van der Waals surface area contributed by atoms with Crippen molar-refractivity contribution in [3.05, 3.63) is 30.4 Å². The number of nitrogens with zero attached hydrogens (tertiary/aromatic N) is 1. The van der Waals surface area contributed by atoms with Gasteiger partial charge in [0.1, 0.15) is 4.90 Å². The molecule has 0 radical (unpaired) electrons. The number of nitrogens with one attached hydrogen (secondary N) is 1. The van der Waals surface area contributed by atoms with Crippen molar-refractivity contribution in [3.63, 3.8) is 0 Å². The van der Waals surface area contributed by atoms with Crippen molar-refractivity contribution >= 4 is 25.5 Å². The van der Waals surface area contributed by atoms with Gasteiger partial charge in [0, 0.05) is 38.2 Å². The highest BCUT2D eigenvalue weighted by Crippen LogP contribution is 2.52. The summed E-state index contributed by atoms with van der Waals surface area (Å²) in [7, 11) is -7.79. The zero-order valence-corrected chi connectivity index (χ0v) is 18.1. The standard InChI is InChI=1S/C20H24F2N2O4S2/c1-29(25,26)15-4-5-18(24-10-16-12-2-3-13(6-12)17(16)11-24)19(7-15)30(27,28)23-14-8-20(21,22)9-14/h2-5,7,12-14,16-17,23H,6,8-11H2,1H3/t12?,13?,16-,17+. The van der Waals surface area contributed by atoms with E-state index in [-0.39, 0.29) is 9.79 Å². The van der Waals surface area contributed by atoms with Crippen molar-refractivity contribution in [1.82, 2.24) is 4.72 Å². The second-order valence-corrected chi connectivity index (χ2v) is 12.9. The Balaban J connectivity index is 1.49. The van der Waals surface area contributed by atoms with Gasteiger partial charge in [-0.3, -0.25) is 0 Å². The summed E-state index contributed by atoms with van der Waals surface area (Å²) in [6, 6.07) is 3.27. The fraction of sp³-hybridized carbons (Fsp3) is 0.600. The Morgan fingerprint density at radius 1 is 1.03 bits per heavy atom. The van der Waals surface area contributed by atoms with Crippen LogP contribution < -0.4 is 9.62 Å². The molecule has 2 unspecified atom stereocenters. The van der Waals surface area contributed by atoms with Crippen LogP contribution in [0.1, 0.15) is 19.3 Å². The number of rotatable bonds is 5. The molecule has 3 aliphatic carbocycles. The zero-order valence-electron chi connectivity index (χ0n) is 16.5. The number of benzene rings is 1. The van der Waals surface area contributed by atoms with Gasteiger partial charge in [-0.2, -0.15) is 0 Å². The molecule has 0 aromatic heterocycles. The van der Waals surface area contributed by atoms with Gasteiger partial charge in [-0.05, 0) is 48.3 Å². The summed E-state index contributed by atoms with van der Waals surface area (Å²) in [4.78, 5) is 1.75. The summed E-state index contributed by atoms with van der Waals surface area (Å²) in [6.07, 6.45) is 5.57. The SMILES string of the molecule is CS(=O)(=O)c1ccc(N2C[C@@H]3C4C=CC(C4)[C@@H]3C2)c(S(=O)(=O)NC2CC(F)(F)C2)c1. The van der Waals surface area contributed by atoms with Crippen LogP contribution in [0.15, 0.2) is 40.1 Å². The number of fused-ring (bicyclic) bond motifs is 5. The van der Waals surface area contributed by atoms with Gasteiger partial charge < -0.3 is 4.90 Å². The third-order valence-electron chi connectivity index (χ3n) is 7.06. The van der Waals surface area contributed by atoms with Crippen LogP contribution in [0.3, 0.4) is 0 Å². The average molecular weight is 459 g/mol. The van der Waals surface area contributed by atoms with Gasteiger partial charge in [-0.25, -0.2) is 30.3 Å². The molecule has 0 spiro atoms. The second kappa shape index (κ2) is 6.49. The van der Waals surface area contributed by atoms with E-state index in [1.54, 1.807) is 0 Å². The molecule has 4 aliphatic rings. The Morgan fingerprint density at radius 2 is 1.63 bits per heavy atom. The van der Waals surface area contributed by atoms with E-state index in [9.17, 15) is 25.6 Å². The predicted octanol–water partition coefficient (Wildman–Crippen LogP) is 2.42. The monoisotopic (exact) mass is 458 g/mol. The molecule has 1 aromatic carbocycles. The van der Waals surface area contributed by atoms with Crippen LogP contribution in [-0.2, 0) is 19.9 Å². The first-order chi connectivity index (χ1) is 13.9. The van der Waals surface area contributed by atoms with Crippen molar-refractivity contribution in [3.8, 4) is 0 Å². The highest BCUT2D eigenvalue weighted by molar-refractivity contribution is 7.91. The second-order valence-electron chi connectivity index (χ2n) is 9.17. The van der Waals surface area contributed by atoms with Crippen LogP contribution in [0, 0.1) is 23.7 Å². The lowest BCUT2D eigenvalue weighted by molar-refractivity contribution is -0.0876. The predicted molar refractivity (Wildman–Crippen MR) is 108 cm³/mol. The number of sulfonamides is 1. The summed E-state index contributed by atoms with van der Waals surface area (Å²) in [6.45, 7) is 1.41. The number of anilines is 1. The Kier molecular flexibility index (Phi) is 4.41. The van der Waals surface area contributed by atoms with Crippen molar-refractivity contribution in [2.45, 2.75) is 41.0 Å². The molecule has 1 saturated heterocycles. The molecule has 10 heteroatoms. The maximum atomic E-state index is 13.2. The van der Waals surface area contributed by atoms with E-state index in [0.717, 1.165) is 18.7 Å². The first-order valence-corrected chi connectivity index (χ1v) is 13.5. The van der Waals surface area contributed by atoms with Gasteiger partial charge in [-0.15, -0.1) is 0 Å². The van der Waals surface area contributed by atoms with Gasteiger partial charge >= 0.3 is 0 Å². The minimum Gasteiger partial charge on any atom is -0.370 e. The molecular weight excluding hydrogens is 434 g/mol. The van der Waals surface area contributed by atoms with Crippen LogP contribution in [0.5, 0.6) is 0 Å². The van der Waals surface area contributed by atoms with E-state index in [1.165, 1.54) is 12.1 Å². The molecule has 164 valence electrons. The molecule has 0 amide bonds. The number of alkyl halides is 2.